The van der Waals surface area contributed by atoms with E-state index in [1.807, 2.05) is 42.5 Å². The van der Waals surface area contributed by atoms with Crippen LogP contribution in [0.1, 0.15) is 40.1 Å². The molecule has 0 aliphatic heterocycles. The molecule has 5 aromatic rings. The maximum absolute atomic E-state index is 15.5. The van der Waals surface area contributed by atoms with Gasteiger partial charge in [-0.2, -0.15) is 0 Å². The second-order valence-corrected chi connectivity index (χ2v) is 9.36. The zero-order chi connectivity index (χ0) is 28.2. The number of rotatable bonds is 8. The Morgan fingerprint density at radius 1 is 0.975 bits per heavy atom. The molecule has 7 nitrogen and oxygen atoms in total. The summed E-state index contributed by atoms with van der Waals surface area (Å²) in [6.45, 7) is 2.06. The van der Waals surface area contributed by atoms with Gasteiger partial charge in [0.05, 0.1) is 6.61 Å². The van der Waals surface area contributed by atoms with Crippen molar-refractivity contribution in [3.05, 3.63) is 124 Å². The fraction of sp³-hybridized carbons (Fsp3) is 0.156. The summed E-state index contributed by atoms with van der Waals surface area (Å²) in [5, 5.41) is 11.0. The third-order valence-electron chi connectivity index (χ3n) is 6.77. The molecule has 3 N–H and O–H groups in total. The Bertz CT molecular complexity index is 1730. The molecule has 0 fully saturated rings. The zero-order valence-electron chi connectivity index (χ0n) is 21.9. The van der Waals surface area contributed by atoms with Crippen molar-refractivity contribution in [1.82, 2.24) is 9.71 Å². The van der Waals surface area contributed by atoms with Gasteiger partial charge in [-0.05, 0) is 58.5 Å². The van der Waals surface area contributed by atoms with E-state index in [2.05, 4.69) is 4.98 Å². The summed E-state index contributed by atoms with van der Waals surface area (Å²) in [7, 11) is 0. The van der Waals surface area contributed by atoms with Crippen molar-refractivity contribution in [3.63, 3.8) is 0 Å². The highest BCUT2D eigenvalue weighted by Gasteiger charge is 2.26. The Balaban J connectivity index is 1.77. The molecule has 0 saturated carbocycles. The third-order valence-corrected chi connectivity index (χ3v) is 6.77. The van der Waals surface area contributed by atoms with Crippen LogP contribution in [0.3, 0.4) is 0 Å². The number of nitrogens with two attached hydrogens (primary N) is 1. The first-order valence-corrected chi connectivity index (χ1v) is 12.9. The lowest BCUT2D eigenvalue weighted by Crippen LogP contribution is -2.28. The summed E-state index contributed by atoms with van der Waals surface area (Å²) < 4.78 is 21.0. The van der Waals surface area contributed by atoms with Gasteiger partial charge in [0.1, 0.15) is 11.7 Å². The van der Waals surface area contributed by atoms with E-state index < -0.39 is 17.7 Å². The topological polar surface area (TPSA) is 107 Å². The SMILES string of the molecule is CCOC(=O)c1c(-c2cc(CC(F)c3ccccc3)cc(-c3ccc(CN)cc3)c2)c2cccnc2n(O)c1=O. The van der Waals surface area contributed by atoms with Gasteiger partial charge in [0.2, 0.25) is 0 Å². The predicted octanol–water partition coefficient (Wildman–Crippen LogP) is 5.86. The van der Waals surface area contributed by atoms with Crippen molar-refractivity contribution < 1.29 is 19.1 Å². The van der Waals surface area contributed by atoms with Crippen molar-refractivity contribution in [1.29, 1.82) is 0 Å². The van der Waals surface area contributed by atoms with E-state index in [0.29, 0.717) is 33.4 Å². The van der Waals surface area contributed by atoms with Crippen LogP contribution in [0, 0.1) is 0 Å². The van der Waals surface area contributed by atoms with Gasteiger partial charge in [0, 0.05) is 30.1 Å². The molecule has 1 atom stereocenters. The van der Waals surface area contributed by atoms with Crippen LogP contribution in [0.4, 0.5) is 4.39 Å². The summed E-state index contributed by atoms with van der Waals surface area (Å²) in [6, 6.07) is 25.4. The molecule has 3 aromatic carbocycles. The number of aromatic nitrogens is 2. The second-order valence-electron chi connectivity index (χ2n) is 9.36. The summed E-state index contributed by atoms with van der Waals surface area (Å²) >= 11 is 0. The molecule has 202 valence electrons. The molecule has 2 aromatic heterocycles. The van der Waals surface area contributed by atoms with Crippen LogP contribution >= 0.6 is 0 Å². The zero-order valence-corrected chi connectivity index (χ0v) is 21.9. The summed E-state index contributed by atoms with van der Waals surface area (Å²) in [5.74, 6) is -0.872. The smallest absolute Gasteiger partial charge is 0.344 e. The average Bonchev–Trinajstić information content (AvgIpc) is 2.99. The molecule has 0 saturated heterocycles. The monoisotopic (exact) mass is 537 g/mol. The van der Waals surface area contributed by atoms with Crippen molar-refractivity contribution in [2.24, 2.45) is 5.73 Å². The standard InChI is InChI=1S/C32H28FN3O4/c1-2-40-32(38)29-28(26-9-6-14-35-30(26)36(39)31(29)37)25-16-21(17-27(33)23-7-4-3-5-8-23)15-24(18-25)22-12-10-20(19-34)11-13-22/h3-16,18,27,39H,2,17,19,34H2,1H3. The Morgan fingerprint density at radius 3 is 2.40 bits per heavy atom. The molecular weight excluding hydrogens is 509 g/mol. The van der Waals surface area contributed by atoms with E-state index in [0.717, 1.165) is 16.7 Å². The molecule has 0 amide bonds. The summed E-state index contributed by atoms with van der Waals surface area (Å²) in [5.41, 5.74) is 9.02. The number of halogens is 1. The fourth-order valence-corrected chi connectivity index (χ4v) is 4.84. The number of esters is 1. The van der Waals surface area contributed by atoms with Crippen LogP contribution in [0.15, 0.2) is 95.9 Å². The van der Waals surface area contributed by atoms with Crippen LogP contribution in [0.5, 0.6) is 0 Å². The van der Waals surface area contributed by atoms with E-state index in [1.54, 1.807) is 49.4 Å². The first-order valence-electron chi connectivity index (χ1n) is 12.9. The minimum absolute atomic E-state index is 0.0116. The highest BCUT2D eigenvalue weighted by molar-refractivity contribution is 6.06. The van der Waals surface area contributed by atoms with Gasteiger partial charge >= 0.3 is 5.97 Å². The largest absolute Gasteiger partial charge is 0.462 e. The molecule has 0 aliphatic rings. The van der Waals surface area contributed by atoms with E-state index >= 15 is 4.39 Å². The van der Waals surface area contributed by atoms with E-state index in [9.17, 15) is 14.8 Å². The van der Waals surface area contributed by atoms with Crippen LogP contribution < -0.4 is 11.3 Å². The molecule has 0 spiro atoms. The molecule has 8 heteroatoms. The van der Waals surface area contributed by atoms with Gasteiger partial charge < -0.3 is 15.7 Å². The molecule has 1 unspecified atom stereocenters. The summed E-state index contributed by atoms with van der Waals surface area (Å²) in [6.07, 6.45) is 0.224. The number of fused-ring (bicyclic) bond motifs is 1. The van der Waals surface area contributed by atoms with Gasteiger partial charge in [-0.1, -0.05) is 66.7 Å². The quantitative estimate of drug-likeness (QED) is 0.190. The number of ether oxygens (including phenoxy) is 1. The van der Waals surface area contributed by atoms with Crippen LogP contribution in [0.25, 0.3) is 33.3 Å². The normalized spacial score (nSPS) is 11.9. The first-order chi connectivity index (χ1) is 19.4. The van der Waals surface area contributed by atoms with E-state index in [1.165, 1.54) is 6.20 Å². The third kappa shape index (κ3) is 5.21. The number of pyridine rings is 2. The molecule has 2 heterocycles. The Labute approximate surface area is 230 Å². The fourth-order valence-electron chi connectivity index (χ4n) is 4.84. The predicted molar refractivity (Wildman–Crippen MR) is 152 cm³/mol. The Morgan fingerprint density at radius 2 is 1.70 bits per heavy atom. The Kier molecular flexibility index (Phi) is 7.70. The molecule has 0 aliphatic carbocycles. The highest BCUT2D eigenvalue weighted by Crippen LogP contribution is 2.35. The van der Waals surface area contributed by atoms with Gasteiger partial charge in [-0.3, -0.25) is 4.79 Å². The van der Waals surface area contributed by atoms with Crippen molar-refractivity contribution in [2.45, 2.75) is 26.1 Å². The van der Waals surface area contributed by atoms with Crippen LogP contribution in [-0.2, 0) is 17.7 Å². The minimum atomic E-state index is -1.28. The molecule has 5 rings (SSSR count). The van der Waals surface area contributed by atoms with Gasteiger partial charge in [-0.15, -0.1) is 4.73 Å². The van der Waals surface area contributed by atoms with Crippen LogP contribution in [-0.4, -0.2) is 27.5 Å². The summed E-state index contributed by atoms with van der Waals surface area (Å²) in [4.78, 5) is 30.5. The lowest BCUT2D eigenvalue weighted by atomic mass is 9.90. The number of carbonyl (C=O) groups is 1. The highest BCUT2D eigenvalue weighted by atomic mass is 19.1. The molecule has 40 heavy (non-hydrogen) atoms. The van der Waals surface area contributed by atoms with Crippen molar-refractivity contribution in [2.75, 3.05) is 6.61 Å². The van der Waals surface area contributed by atoms with E-state index in [-0.39, 0.29) is 29.8 Å². The molecular formula is C32H28FN3O4. The number of nitrogens with zero attached hydrogens (tertiary/aromatic N) is 2. The second kappa shape index (κ2) is 11.5. The average molecular weight is 538 g/mol. The number of carbonyl (C=O) groups excluding carboxylic acids is 1. The maximum atomic E-state index is 15.5. The lowest BCUT2D eigenvalue weighted by molar-refractivity contribution is 0.0520. The van der Waals surface area contributed by atoms with Gasteiger partial charge in [0.25, 0.3) is 5.56 Å². The number of benzene rings is 3. The first kappa shape index (κ1) is 26.8. The van der Waals surface area contributed by atoms with Gasteiger partial charge in [-0.25, -0.2) is 14.2 Å². The number of hydrogen-bond acceptors (Lipinski definition) is 6. The molecule has 0 bridgehead atoms. The van der Waals surface area contributed by atoms with E-state index in [4.69, 9.17) is 10.5 Å². The maximum Gasteiger partial charge on any atom is 0.344 e. The number of hydrogen-bond donors (Lipinski definition) is 2. The van der Waals surface area contributed by atoms with Crippen LogP contribution in [0.2, 0.25) is 0 Å². The Hall–Kier alpha value is -4.82. The number of alkyl halides is 1. The lowest BCUT2D eigenvalue weighted by Gasteiger charge is -2.17. The van der Waals surface area contributed by atoms with Crippen molar-refractivity contribution >= 4 is 17.0 Å². The van der Waals surface area contributed by atoms with Crippen molar-refractivity contribution in [3.8, 4) is 22.3 Å². The van der Waals surface area contributed by atoms with Gasteiger partial charge in [0.15, 0.2) is 5.65 Å². The minimum Gasteiger partial charge on any atom is -0.462 e. The molecule has 0 radical (unpaired) electrons.